The Morgan fingerprint density at radius 3 is 2.46 bits per heavy atom. The SMILES string of the molecule is CC(C)(O/N=C(\C(=O)N[C@@H]1C(=O)N2C[C@](SCCNC(=O)/C(=N\NC(N)=O)c3cc(O)c(O)cc3Cl)(C(=O)O)S[C@H]12)c1csc(N)n1)C(=O)O. The van der Waals surface area contributed by atoms with Gasteiger partial charge in [-0.1, -0.05) is 16.8 Å². The number of phenols is 2. The number of hydrogen-bond donors (Lipinski definition) is 9. The van der Waals surface area contributed by atoms with E-state index >= 15 is 0 Å². The number of primary amides is 1. The first-order valence-corrected chi connectivity index (χ1v) is 17.0. The molecular formula is C26H28ClN9O11S3. The summed E-state index contributed by atoms with van der Waals surface area (Å²) in [7, 11) is 0. The zero-order valence-electron chi connectivity index (χ0n) is 25.7. The van der Waals surface area contributed by atoms with Crippen molar-refractivity contribution in [1.29, 1.82) is 0 Å². The van der Waals surface area contributed by atoms with E-state index in [-0.39, 0.29) is 40.3 Å². The second-order valence-electron chi connectivity index (χ2n) is 10.8. The van der Waals surface area contributed by atoms with Crippen LogP contribution in [-0.2, 0) is 28.8 Å². The second-order valence-corrected chi connectivity index (χ2v) is 15.1. The van der Waals surface area contributed by atoms with E-state index in [1.54, 1.807) is 0 Å². The van der Waals surface area contributed by atoms with Gasteiger partial charge in [-0.2, -0.15) is 5.10 Å². The second kappa shape index (κ2) is 14.9. The lowest BCUT2D eigenvalue weighted by Crippen LogP contribution is -2.68. The monoisotopic (exact) mass is 773 g/mol. The van der Waals surface area contributed by atoms with Crippen LogP contribution in [0.1, 0.15) is 25.1 Å². The Balaban J connectivity index is 1.43. The number of oxime groups is 1. The van der Waals surface area contributed by atoms with Gasteiger partial charge in [-0.15, -0.1) is 34.9 Å². The molecule has 0 unspecified atom stereocenters. The quantitative estimate of drug-likeness (QED) is 0.0383. The first-order valence-electron chi connectivity index (χ1n) is 13.9. The van der Waals surface area contributed by atoms with Crippen molar-refractivity contribution < 1.29 is 54.0 Å². The van der Waals surface area contributed by atoms with Gasteiger partial charge in [0.05, 0.1) is 11.6 Å². The fraction of sp³-hybridized carbons (Fsp3) is 0.346. The standard InChI is InChI=1S/C26H28ClN9O11S3/c1-25(2,21(42)43)47-35-15(11-7-48-24(29)31-11)18(40)32-16-19(41)36-8-26(22(44)45,50-20(16)36)49-4-3-30-17(39)14(33-34-23(28)46)9-5-12(37)13(38)6-10(9)27/h5-7,16,20,37-38H,3-4,8H2,1-2H3,(H2,29,31)(H,30,39)(H,32,40)(H,42,43)(H,44,45)(H3,28,34,46)/b33-14-,35-15-/t16-,20-,26-/m1/s1. The number of aliphatic carboxylic acids is 2. The lowest BCUT2D eigenvalue weighted by molar-refractivity contribution is -0.161. The topological polar surface area (TPSA) is 322 Å². The first kappa shape index (κ1) is 37.8. The molecule has 4 rings (SSSR count). The number of anilines is 1. The number of fused-ring (bicyclic) bond motifs is 1. The van der Waals surface area contributed by atoms with Gasteiger partial charge in [0.15, 0.2) is 32.1 Å². The molecule has 2 aliphatic rings. The molecule has 0 aliphatic carbocycles. The number of aromatic nitrogens is 1. The molecule has 20 nitrogen and oxygen atoms in total. The molecule has 2 fully saturated rings. The molecule has 268 valence electrons. The van der Waals surface area contributed by atoms with Gasteiger partial charge in [-0.3, -0.25) is 14.4 Å². The number of rotatable bonds is 14. The smallest absolute Gasteiger partial charge is 0.350 e. The molecule has 0 spiro atoms. The van der Waals surface area contributed by atoms with Crippen LogP contribution in [-0.4, -0.2) is 117 Å². The highest BCUT2D eigenvalue weighted by Crippen LogP contribution is 2.52. The number of nitrogens with one attached hydrogen (secondary N) is 3. The van der Waals surface area contributed by atoms with E-state index in [1.165, 1.54) is 24.1 Å². The van der Waals surface area contributed by atoms with E-state index in [2.05, 4.69) is 25.9 Å². The average Bonchev–Trinajstić information content (AvgIpc) is 3.62. The number of urea groups is 1. The summed E-state index contributed by atoms with van der Waals surface area (Å²) in [6.45, 7) is 1.99. The van der Waals surface area contributed by atoms with Crippen molar-refractivity contribution in [2.45, 2.75) is 34.9 Å². The van der Waals surface area contributed by atoms with Crippen LogP contribution >= 0.6 is 46.5 Å². The Hall–Kier alpha value is -5.00. The number of hydrazone groups is 1. The predicted molar refractivity (Wildman–Crippen MR) is 181 cm³/mol. The highest BCUT2D eigenvalue weighted by atomic mass is 35.5. The zero-order valence-corrected chi connectivity index (χ0v) is 28.9. The van der Waals surface area contributed by atoms with E-state index in [9.17, 15) is 49.2 Å². The fourth-order valence-electron chi connectivity index (χ4n) is 4.22. The number of nitrogens with two attached hydrogens (primary N) is 2. The number of β-lactam (4-membered cyclic amide) rings is 1. The molecule has 2 saturated heterocycles. The summed E-state index contributed by atoms with van der Waals surface area (Å²) in [6.07, 6.45) is 0. The number of halogens is 1. The average molecular weight is 774 g/mol. The molecule has 2 aliphatic heterocycles. The Morgan fingerprint density at radius 2 is 1.86 bits per heavy atom. The van der Waals surface area contributed by atoms with Crippen molar-refractivity contribution in [3.63, 3.8) is 0 Å². The molecule has 0 bridgehead atoms. The first-order chi connectivity index (χ1) is 23.4. The van der Waals surface area contributed by atoms with Crippen LogP contribution in [0.4, 0.5) is 9.93 Å². The van der Waals surface area contributed by atoms with Crippen LogP contribution in [0.25, 0.3) is 0 Å². The number of thiazole rings is 1. The minimum atomic E-state index is -1.83. The number of hydrogen-bond acceptors (Lipinski definition) is 16. The molecule has 3 heterocycles. The third kappa shape index (κ3) is 8.06. The molecule has 11 N–H and O–H groups in total. The minimum absolute atomic E-state index is 0.0132. The molecule has 1 aromatic carbocycles. The van der Waals surface area contributed by atoms with E-state index < -0.39 is 79.7 Å². The maximum Gasteiger partial charge on any atom is 0.350 e. The Labute approximate surface area is 298 Å². The third-order valence-corrected chi connectivity index (χ3v) is 11.1. The van der Waals surface area contributed by atoms with E-state index in [0.29, 0.717) is 0 Å². The van der Waals surface area contributed by atoms with E-state index in [0.717, 1.165) is 47.0 Å². The number of carboxylic acids is 2. The summed E-state index contributed by atoms with van der Waals surface area (Å²) in [4.78, 5) is 84.8. The third-order valence-electron chi connectivity index (χ3n) is 6.84. The number of nitrogens with zero attached hydrogens (tertiary/aromatic N) is 4. The molecule has 50 heavy (non-hydrogen) atoms. The van der Waals surface area contributed by atoms with Crippen LogP contribution in [0, 0.1) is 0 Å². The highest BCUT2D eigenvalue weighted by molar-refractivity contribution is 8.20. The van der Waals surface area contributed by atoms with Crippen LogP contribution in [0.3, 0.4) is 0 Å². The predicted octanol–water partition coefficient (Wildman–Crippen LogP) is -0.523. The number of thioether (sulfide) groups is 2. The summed E-state index contributed by atoms with van der Waals surface area (Å²) in [5.74, 6) is -6.34. The summed E-state index contributed by atoms with van der Waals surface area (Å²) < 4.78 is -1.62. The number of benzene rings is 1. The molecule has 2 aromatic rings. The Kier molecular flexibility index (Phi) is 11.2. The fourth-order valence-corrected chi connectivity index (χ4v) is 8.05. The van der Waals surface area contributed by atoms with Gasteiger partial charge in [0.1, 0.15) is 17.1 Å². The van der Waals surface area contributed by atoms with Gasteiger partial charge >= 0.3 is 18.0 Å². The summed E-state index contributed by atoms with van der Waals surface area (Å²) in [5, 5.41) is 51.8. The Morgan fingerprint density at radius 1 is 1.18 bits per heavy atom. The number of carbonyl (C=O) groups excluding carboxylic acids is 4. The van der Waals surface area contributed by atoms with Crippen LogP contribution in [0.2, 0.25) is 5.02 Å². The van der Waals surface area contributed by atoms with Crippen molar-refractivity contribution in [1.82, 2.24) is 25.9 Å². The molecule has 0 saturated carbocycles. The number of phenolic OH excluding ortho intramolecular Hbond substituents is 2. The number of nitrogen functional groups attached to an aromatic ring is 1. The number of carboxylic acid groups (broad SMARTS) is 2. The molecule has 0 radical (unpaired) electrons. The van der Waals surface area contributed by atoms with Gasteiger partial charge in [-0.05, 0) is 19.9 Å². The number of carbonyl (C=O) groups is 6. The van der Waals surface area contributed by atoms with Crippen LogP contribution in [0.15, 0.2) is 27.8 Å². The summed E-state index contributed by atoms with van der Waals surface area (Å²) in [6, 6.07) is -0.429. The minimum Gasteiger partial charge on any atom is -0.504 e. The van der Waals surface area contributed by atoms with E-state index in [4.69, 9.17) is 27.9 Å². The highest BCUT2D eigenvalue weighted by Gasteiger charge is 2.62. The molecule has 1 aromatic heterocycles. The molecule has 5 amide bonds. The summed E-state index contributed by atoms with van der Waals surface area (Å²) >= 11 is 8.84. The van der Waals surface area contributed by atoms with Gasteiger partial charge in [-0.25, -0.2) is 24.8 Å². The van der Waals surface area contributed by atoms with Crippen LogP contribution in [0.5, 0.6) is 11.5 Å². The van der Waals surface area contributed by atoms with Gasteiger partial charge in [0, 0.05) is 29.3 Å². The van der Waals surface area contributed by atoms with Gasteiger partial charge in [0.25, 0.3) is 11.8 Å². The lowest BCUT2D eigenvalue weighted by atomic mass is 10.1. The van der Waals surface area contributed by atoms with Crippen molar-refractivity contribution in [2.75, 3.05) is 24.6 Å². The van der Waals surface area contributed by atoms with Crippen molar-refractivity contribution in [2.24, 2.45) is 16.0 Å². The molecule has 3 atom stereocenters. The van der Waals surface area contributed by atoms with Gasteiger partial charge in [0.2, 0.25) is 11.5 Å². The zero-order chi connectivity index (χ0) is 37.1. The lowest BCUT2D eigenvalue weighted by Gasteiger charge is -2.41. The number of amides is 5. The largest absolute Gasteiger partial charge is 0.504 e. The Bertz CT molecular complexity index is 1820. The summed E-state index contributed by atoms with van der Waals surface area (Å²) in [5.41, 5.74) is 9.59. The normalized spacial score (nSPS) is 20.4. The maximum atomic E-state index is 13.3. The van der Waals surface area contributed by atoms with E-state index in [1.807, 2.05) is 5.43 Å². The van der Waals surface area contributed by atoms with Gasteiger partial charge < -0.3 is 52.3 Å². The van der Waals surface area contributed by atoms with Crippen molar-refractivity contribution >= 4 is 98.7 Å². The maximum absolute atomic E-state index is 13.3. The van der Waals surface area contributed by atoms with Crippen LogP contribution < -0.4 is 27.5 Å². The van der Waals surface area contributed by atoms with Crippen molar-refractivity contribution in [3.05, 3.63) is 33.8 Å². The van der Waals surface area contributed by atoms with Crippen molar-refractivity contribution in [3.8, 4) is 11.5 Å². The molecule has 24 heteroatoms. The number of aromatic hydroxyl groups is 2. The molecular weight excluding hydrogens is 746 g/mol.